The number of para-hydroxylation sites is 1. The third kappa shape index (κ3) is 4.24. The van der Waals surface area contributed by atoms with Crippen LogP contribution in [-0.2, 0) is 0 Å². The first-order valence-corrected chi connectivity index (χ1v) is 12.5. The zero-order chi connectivity index (χ0) is 24.9. The van der Waals surface area contributed by atoms with Crippen LogP contribution in [0.5, 0.6) is 5.75 Å². The standard InChI is InChI=1S/C26H23Cl3N4O2/c1-13(2)24-18(26(34)31-20-8-9-35-21-7-5-4-6-16(20)21)12-30-25-22(14(3)32-33(24)25)17-10-15(27)11-19(28)23(17)29/h4-7,10-13,20H,8-9H2,1-3H3,(H,31,34)/t20-/m0/s1. The Hall–Kier alpha value is -2.80. The number of aromatic nitrogens is 3. The lowest BCUT2D eigenvalue weighted by atomic mass is 9.99. The summed E-state index contributed by atoms with van der Waals surface area (Å²) in [6, 6.07) is 11.0. The molecule has 2 aromatic carbocycles. The molecule has 1 aliphatic heterocycles. The molecule has 0 saturated heterocycles. The van der Waals surface area contributed by atoms with E-state index in [-0.39, 0.29) is 17.9 Å². The second-order valence-electron chi connectivity index (χ2n) is 8.86. The number of nitrogens with one attached hydrogen (secondary N) is 1. The van der Waals surface area contributed by atoms with Gasteiger partial charge < -0.3 is 10.1 Å². The fourth-order valence-electron chi connectivity index (χ4n) is 4.62. The van der Waals surface area contributed by atoms with Gasteiger partial charge in [0, 0.05) is 28.8 Å². The molecule has 180 valence electrons. The fourth-order valence-corrected chi connectivity index (χ4v) is 5.32. The van der Waals surface area contributed by atoms with Gasteiger partial charge in [0.15, 0.2) is 5.65 Å². The zero-order valence-electron chi connectivity index (χ0n) is 19.4. The van der Waals surface area contributed by atoms with E-state index in [1.807, 2.05) is 45.0 Å². The topological polar surface area (TPSA) is 68.5 Å². The molecule has 6 nitrogen and oxygen atoms in total. The molecular formula is C26H23Cl3N4O2. The first-order chi connectivity index (χ1) is 16.8. The lowest BCUT2D eigenvalue weighted by Gasteiger charge is -2.27. The van der Waals surface area contributed by atoms with Crippen LogP contribution in [0.2, 0.25) is 15.1 Å². The Morgan fingerprint density at radius 1 is 1.20 bits per heavy atom. The summed E-state index contributed by atoms with van der Waals surface area (Å²) < 4.78 is 7.47. The molecule has 35 heavy (non-hydrogen) atoms. The van der Waals surface area contributed by atoms with Gasteiger partial charge in [0.1, 0.15) is 5.75 Å². The smallest absolute Gasteiger partial charge is 0.255 e. The van der Waals surface area contributed by atoms with Gasteiger partial charge in [-0.1, -0.05) is 66.8 Å². The number of halogens is 3. The molecule has 4 aromatic rings. The molecule has 1 amide bonds. The molecule has 0 unspecified atom stereocenters. The number of rotatable bonds is 4. The third-order valence-electron chi connectivity index (χ3n) is 6.17. The largest absolute Gasteiger partial charge is 0.493 e. The third-order valence-corrected chi connectivity index (χ3v) is 7.19. The Balaban J connectivity index is 1.60. The van der Waals surface area contributed by atoms with Crippen LogP contribution in [0.1, 0.15) is 59.5 Å². The maximum absolute atomic E-state index is 13.5. The zero-order valence-corrected chi connectivity index (χ0v) is 21.7. The van der Waals surface area contributed by atoms with Crippen molar-refractivity contribution in [3.05, 3.63) is 80.2 Å². The summed E-state index contributed by atoms with van der Waals surface area (Å²) in [6.07, 6.45) is 2.30. The van der Waals surface area contributed by atoms with E-state index in [1.165, 1.54) is 0 Å². The number of benzene rings is 2. The molecule has 2 aromatic heterocycles. The predicted molar refractivity (Wildman–Crippen MR) is 139 cm³/mol. The second-order valence-corrected chi connectivity index (χ2v) is 10.1. The van der Waals surface area contributed by atoms with Crippen molar-refractivity contribution in [1.29, 1.82) is 0 Å². The summed E-state index contributed by atoms with van der Waals surface area (Å²) in [6.45, 7) is 6.46. The Labute approximate surface area is 218 Å². The molecule has 0 fully saturated rings. The van der Waals surface area contributed by atoms with Crippen molar-refractivity contribution in [1.82, 2.24) is 19.9 Å². The summed E-state index contributed by atoms with van der Waals surface area (Å²) in [7, 11) is 0. The number of carbonyl (C=O) groups is 1. The summed E-state index contributed by atoms with van der Waals surface area (Å²) in [5.41, 5.74) is 4.86. The number of amides is 1. The highest BCUT2D eigenvalue weighted by atomic mass is 35.5. The maximum Gasteiger partial charge on any atom is 0.255 e. The van der Waals surface area contributed by atoms with E-state index in [1.54, 1.807) is 22.8 Å². The first-order valence-electron chi connectivity index (χ1n) is 11.3. The lowest BCUT2D eigenvalue weighted by Crippen LogP contribution is -2.33. The van der Waals surface area contributed by atoms with Gasteiger partial charge in [-0.25, -0.2) is 9.50 Å². The average molecular weight is 530 g/mol. The Morgan fingerprint density at radius 3 is 2.74 bits per heavy atom. The van der Waals surface area contributed by atoms with Gasteiger partial charge in [0.2, 0.25) is 0 Å². The molecule has 0 bridgehead atoms. The van der Waals surface area contributed by atoms with Crippen LogP contribution in [0.3, 0.4) is 0 Å². The van der Waals surface area contributed by atoms with Gasteiger partial charge in [-0.05, 0) is 31.0 Å². The molecule has 1 atom stereocenters. The molecule has 1 N–H and O–H groups in total. The van der Waals surface area contributed by atoms with Crippen LogP contribution in [0.25, 0.3) is 16.8 Å². The van der Waals surface area contributed by atoms with Crippen LogP contribution in [-0.4, -0.2) is 27.1 Å². The Kier molecular flexibility index (Phi) is 6.38. The molecule has 3 heterocycles. The first kappa shape index (κ1) is 23.9. The van der Waals surface area contributed by atoms with Gasteiger partial charge in [-0.3, -0.25) is 4.79 Å². The minimum absolute atomic E-state index is 0.00574. The van der Waals surface area contributed by atoms with E-state index >= 15 is 0 Å². The highest BCUT2D eigenvalue weighted by Gasteiger charge is 2.27. The maximum atomic E-state index is 13.5. The van der Waals surface area contributed by atoms with Crippen LogP contribution in [0.4, 0.5) is 0 Å². The number of aryl methyl sites for hydroxylation is 1. The molecule has 0 radical (unpaired) electrons. The van der Waals surface area contributed by atoms with Gasteiger partial charge in [-0.2, -0.15) is 5.10 Å². The van der Waals surface area contributed by atoms with Gasteiger partial charge in [0.05, 0.1) is 45.2 Å². The van der Waals surface area contributed by atoms with Crippen LogP contribution in [0.15, 0.2) is 42.6 Å². The molecule has 0 spiro atoms. The van der Waals surface area contributed by atoms with E-state index in [2.05, 4.69) is 10.3 Å². The summed E-state index contributed by atoms with van der Waals surface area (Å²) in [4.78, 5) is 18.2. The number of carbonyl (C=O) groups excluding carboxylic acids is 1. The van der Waals surface area contributed by atoms with E-state index in [4.69, 9.17) is 44.6 Å². The Morgan fingerprint density at radius 2 is 1.97 bits per heavy atom. The minimum Gasteiger partial charge on any atom is -0.493 e. The quantitative estimate of drug-likeness (QED) is 0.288. The molecule has 0 aliphatic carbocycles. The summed E-state index contributed by atoms with van der Waals surface area (Å²) in [5.74, 6) is 0.586. The van der Waals surface area contributed by atoms with Crippen molar-refractivity contribution in [2.75, 3.05) is 6.61 Å². The number of hydrogen-bond acceptors (Lipinski definition) is 4. The number of ether oxygens (including phenoxy) is 1. The van der Waals surface area contributed by atoms with Gasteiger partial charge in [-0.15, -0.1) is 0 Å². The number of nitrogens with zero attached hydrogens (tertiary/aromatic N) is 3. The highest BCUT2D eigenvalue weighted by molar-refractivity contribution is 6.45. The molecule has 5 rings (SSSR count). The molecule has 9 heteroatoms. The van der Waals surface area contributed by atoms with Crippen molar-refractivity contribution in [2.24, 2.45) is 0 Å². The van der Waals surface area contributed by atoms with Crippen LogP contribution in [0, 0.1) is 6.92 Å². The summed E-state index contributed by atoms with van der Waals surface area (Å²) >= 11 is 19.1. The van der Waals surface area contributed by atoms with E-state index < -0.39 is 0 Å². The van der Waals surface area contributed by atoms with Crippen molar-refractivity contribution >= 4 is 46.4 Å². The Bertz CT molecular complexity index is 1470. The monoisotopic (exact) mass is 528 g/mol. The second kappa shape index (κ2) is 9.34. The van der Waals surface area contributed by atoms with Crippen molar-refractivity contribution in [3.8, 4) is 16.9 Å². The highest BCUT2D eigenvalue weighted by Crippen LogP contribution is 2.40. The molecular weight excluding hydrogens is 507 g/mol. The van der Waals surface area contributed by atoms with Crippen molar-refractivity contribution < 1.29 is 9.53 Å². The normalized spacial score (nSPS) is 15.2. The van der Waals surface area contributed by atoms with Crippen molar-refractivity contribution in [2.45, 2.75) is 39.2 Å². The van der Waals surface area contributed by atoms with Gasteiger partial charge >= 0.3 is 0 Å². The average Bonchev–Trinajstić information content (AvgIpc) is 3.16. The van der Waals surface area contributed by atoms with Crippen LogP contribution >= 0.6 is 34.8 Å². The number of hydrogen-bond donors (Lipinski definition) is 1. The number of fused-ring (bicyclic) bond motifs is 2. The molecule has 0 saturated carbocycles. The van der Waals surface area contributed by atoms with Crippen LogP contribution < -0.4 is 10.1 Å². The van der Waals surface area contributed by atoms with E-state index in [0.717, 1.165) is 22.6 Å². The SMILES string of the molecule is Cc1nn2c(C(C)C)c(C(=O)N[C@H]3CCOc4ccccc43)cnc2c1-c1cc(Cl)cc(Cl)c1Cl. The fraction of sp³-hybridized carbons (Fsp3) is 0.269. The lowest BCUT2D eigenvalue weighted by molar-refractivity contribution is 0.0922. The van der Waals surface area contributed by atoms with E-state index in [0.29, 0.717) is 50.6 Å². The summed E-state index contributed by atoms with van der Waals surface area (Å²) in [5, 5.41) is 9.11. The van der Waals surface area contributed by atoms with Gasteiger partial charge in [0.25, 0.3) is 5.91 Å². The predicted octanol–water partition coefficient (Wildman–Crippen LogP) is 7.04. The minimum atomic E-state index is -0.205. The van der Waals surface area contributed by atoms with E-state index in [9.17, 15) is 4.79 Å². The molecule has 1 aliphatic rings. The van der Waals surface area contributed by atoms with Crippen molar-refractivity contribution in [3.63, 3.8) is 0 Å².